The number of hydrogen-bond donors (Lipinski definition) is 0. The number of fused-ring (bicyclic) bond motifs is 1. The maximum Gasteiger partial charge on any atom is 0.410 e. The zero-order valence-electron chi connectivity index (χ0n) is 11.5. The summed E-state index contributed by atoms with van der Waals surface area (Å²) in [5.74, 6) is -0.143. The molecule has 0 bridgehead atoms. The van der Waals surface area contributed by atoms with Crippen LogP contribution in [-0.2, 0) is 4.74 Å². The summed E-state index contributed by atoms with van der Waals surface area (Å²) in [6.45, 7) is 5.79. The summed E-state index contributed by atoms with van der Waals surface area (Å²) in [6.07, 6.45) is 1.38. The van der Waals surface area contributed by atoms with Gasteiger partial charge in [-0.2, -0.15) is 0 Å². The van der Waals surface area contributed by atoms with E-state index >= 15 is 0 Å². The first-order valence-electron chi connectivity index (χ1n) is 6.71. The van der Waals surface area contributed by atoms with E-state index in [1.54, 1.807) is 20.7 Å². The second kappa shape index (κ2) is 4.77. The molecule has 0 saturated carbocycles. The van der Waals surface area contributed by atoms with Gasteiger partial charge in [0.2, 0.25) is 0 Å². The number of piperazine rings is 1. The lowest BCUT2D eigenvalue weighted by Crippen LogP contribution is -2.53. The number of ether oxygens (including phenoxy) is 1. The van der Waals surface area contributed by atoms with Crippen molar-refractivity contribution in [1.29, 1.82) is 0 Å². The number of cyclic esters (lactones) is 1. The SMILES string of the molecule is CC(C)n1cc(C(=O)N2CCN3C(=O)OCC3C2)nn1. The minimum Gasteiger partial charge on any atom is -0.447 e. The Morgan fingerprint density at radius 3 is 2.95 bits per heavy atom. The Morgan fingerprint density at radius 1 is 1.45 bits per heavy atom. The normalized spacial score (nSPS) is 22.1. The molecule has 1 unspecified atom stereocenters. The van der Waals surface area contributed by atoms with Gasteiger partial charge in [-0.15, -0.1) is 5.10 Å². The molecule has 3 rings (SSSR count). The van der Waals surface area contributed by atoms with Crippen molar-refractivity contribution < 1.29 is 14.3 Å². The molecule has 0 aromatic carbocycles. The van der Waals surface area contributed by atoms with Crippen LogP contribution in [0.1, 0.15) is 30.4 Å². The number of carbonyl (C=O) groups excluding carboxylic acids is 2. The summed E-state index contributed by atoms with van der Waals surface area (Å²) in [5, 5.41) is 7.86. The predicted molar refractivity (Wildman–Crippen MR) is 68.2 cm³/mol. The van der Waals surface area contributed by atoms with Crippen molar-refractivity contribution in [1.82, 2.24) is 24.8 Å². The van der Waals surface area contributed by atoms with Gasteiger partial charge in [0.05, 0.1) is 12.2 Å². The Labute approximate surface area is 116 Å². The van der Waals surface area contributed by atoms with E-state index < -0.39 is 0 Å². The molecule has 2 amide bonds. The fourth-order valence-corrected chi connectivity index (χ4v) is 2.46. The van der Waals surface area contributed by atoms with Gasteiger partial charge in [0, 0.05) is 25.7 Å². The molecule has 0 spiro atoms. The molecule has 0 aliphatic carbocycles. The molecule has 2 saturated heterocycles. The van der Waals surface area contributed by atoms with E-state index in [-0.39, 0.29) is 24.1 Å². The van der Waals surface area contributed by atoms with Crippen molar-refractivity contribution in [3.05, 3.63) is 11.9 Å². The fraction of sp³-hybridized carbons (Fsp3) is 0.667. The van der Waals surface area contributed by atoms with Crippen LogP contribution in [0.2, 0.25) is 0 Å². The molecular weight excluding hydrogens is 262 g/mol. The topological polar surface area (TPSA) is 80.6 Å². The zero-order valence-corrected chi connectivity index (χ0v) is 11.5. The van der Waals surface area contributed by atoms with Crippen LogP contribution in [0.15, 0.2) is 6.20 Å². The first kappa shape index (κ1) is 12.9. The Hall–Kier alpha value is -2.12. The average molecular weight is 279 g/mol. The van der Waals surface area contributed by atoms with Crippen molar-refractivity contribution in [2.75, 3.05) is 26.2 Å². The van der Waals surface area contributed by atoms with Crippen LogP contribution in [0.25, 0.3) is 0 Å². The maximum absolute atomic E-state index is 12.4. The molecule has 2 fully saturated rings. The summed E-state index contributed by atoms with van der Waals surface area (Å²) in [6, 6.07) is 0.127. The van der Waals surface area contributed by atoms with Crippen molar-refractivity contribution in [3.63, 3.8) is 0 Å². The number of amides is 2. The fourth-order valence-electron chi connectivity index (χ4n) is 2.46. The summed E-state index contributed by atoms with van der Waals surface area (Å²) in [4.78, 5) is 27.2. The van der Waals surface area contributed by atoms with Gasteiger partial charge in [0.15, 0.2) is 5.69 Å². The molecule has 0 N–H and O–H groups in total. The van der Waals surface area contributed by atoms with E-state index in [9.17, 15) is 9.59 Å². The molecule has 0 radical (unpaired) electrons. The highest BCUT2D eigenvalue weighted by Crippen LogP contribution is 2.19. The number of nitrogens with zero attached hydrogens (tertiary/aromatic N) is 5. The lowest BCUT2D eigenvalue weighted by molar-refractivity contribution is 0.0611. The van der Waals surface area contributed by atoms with Crippen LogP contribution in [0, 0.1) is 0 Å². The molecular formula is C12H17N5O3. The van der Waals surface area contributed by atoms with Crippen LogP contribution in [0.4, 0.5) is 4.79 Å². The third kappa shape index (κ3) is 2.10. The third-order valence-corrected chi connectivity index (χ3v) is 3.66. The first-order chi connectivity index (χ1) is 9.56. The minimum atomic E-state index is -0.284. The largest absolute Gasteiger partial charge is 0.447 e. The summed E-state index contributed by atoms with van der Waals surface area (Å²) < 4.78 is 6.64. The van der Waals surface area contributed by atoms with Crippen LogP contribution in [0.5, 0.6) is 0 Å². The second-order valence-electron chi connectivity index (χ2n) is 5.35. The molecule has 1 atom stereocenters. The summed E-state index contributed by atoms with van der Waals surface area (Å²) >= 11 is 0. The zero-order chi connectivity index (χ0) is 14.3. The number of hydrogen-bond acceptors (Lipinski definition) is 5. The number of carbonyl (C=O) groups is 2. The molecule has 8 nitrogen and oxygen atoms in total. The van der Waals surface area contributed by atoms with E-state index in [1.807, 2.05) is 13.8 Å². The van der Waals surface area contributed by atoms with Gasteiger partial charge >= 0.3 is 6.09 Å². The first-order valence-corrected chi connectivity index (χ1v) is 6.71. The quantitative estimate of drug-likeness (QED) is 0.769. The highest BCUT2D eigenvalue weighted by atomic mass is 16.6. The predicted octanol–water partition coefficient (Wildman–Crippen LogP) is 0.136. The summed E-state index contributed by atoms with van der Waals surface area (Å²) in [5.41, 5.74) is 0.345. The molecule has 2 aliphatic rings. The lowest BCUT2D eigenvalue weighted by Gasteiger charge is -2.34. The number of aromatic nitrogens is 3. The molecule has 8 heteroatoms. The van der Waals surface area contributed by atoms with Crippen LogP contribution >= 0.6 is 0 Å². The third-order valence-electron chi connectivity index (χ3n) is 3.66. The van der Waals surface area contributed by atoms with Gasteiger partial charge in [0.25, 0.3) is 5.91 Å². The molecule has 108 valence electrons. The minimum absolute atomic E-state index is 0.0413. The maximum atomic E-state index is 12.4. The Balaban J connectivity index is 1.70. The molecule has 20 heavy (non-hydrogen) atoms. The van der Waals surface area contributed by atoms with E-state index in [0.29, 0.717) is 31.9 Å². The highest BCUT2D eigenvalue weighted by molar-refractivity contribution is 5.92. The van der Waals surface area contributed by atoms with Gasteiger partial charge in [0.1, 0.15) is 6.61 Å². The van der Waals surface area contributed by atoms with Gasteiger partial charge < -0.3 is 9.64 Å². The van der Waals surface area contributed by atoms with Crippen LogP contribution < -0.4 is 0 Å². The molecule has 1 aromatic rings. The van der Waals surface area contributed by atoms with Gasteiger partial charge in [-0.3, -0.25) is 9.69 Å². The monoisotopic (exact) mass is 279 g/mol. The van der Waals surface area contributed by atoms with Crippen molar-refractivity contribution >= 4 is 12.0 Å². The van der Waals surface area contributed by atoms with Crippen LogP contribution in [-0.4, -0.2) is 69.1 Å². The van der Waals surface area contributed by atoms with Gasteiger partial charge in [-0.1, -0.05) is 5.21 Å². The van der Waals surface area contributed by atoms with Crippen molar-refractivity contribution in [3.8, 4) is 0 Å². The number of rotatable bonds is 2. The summed E-state index contributed by atoms with van der Waals surface area (Å²) in [7, 11) is 0. The van der Waals surface area contributed by atoms with Crippen LogP contribution in [0.3, 0.4) is 0 Å². The smallest absolute Gasteiger partial charge is 0.410 e. The molecule has 3 heterocycles. The van der Waals surface area contributed by atoms with E-state index in [4.69, 9.17) is 4.74 Å². The standard InChI is InChI=1S/C12H17N5O3/c1-8(2)17-6-10(13-14-17)11(18)15-3-4-16-9(5-15)7-20-12(16)19/h6,8-9H,3-5,7H2,1-2H3. The van der Waals surface area contributed by atoms with E-state index in [0.717, 1.165) is 0 Å². The lowest BCUT2D eigenvalue weighted by atomic mass is 10.2. The van der Waals surface area contributed by atoms with Gasteiger partial charge in [-0.05, 0) is 13.8 Å². The van der Waals surface area contributed by atoms with E-state index in [1.165, 1.54) is 0 Å². The van der Waals surface area contributed by atoms with E-state index in [2.05, 4.69) is 10.3 Å². The van der Waals surface area contributed by atoms with Crippen molar-refractivity contribution in [2.45, 2.75) is 25.9 Å². The molecule has 2 aliphatic heterocycles. The Kier molecular flexibility index (Phi) is 3.07. The average Bonchev–Trinajstić information content (AvgIpc) is 3.05. The second-order valence-corrected chi connectivity index (χ2v) is 5.35. The van der Waals surface area contributed by atoms with Crippen molar-refractivity contribution in [2.24, 2.45) is 0 Å². The van der Waals surface area contributed by atoms with Gasteiger partial charge in [-0.25, -0.2) is 9.48 Å². The Bertz CT molecular complexity index is 541. The Morgan fingerprint density at radius 2 is 2.25 bits per heavy atom. The molecule has 1 aromatic heterocycles. The highest BCUT2D eigenvalue weighted by Gasteiger charge is 2.39.